The van der Waals surface area contributed by atoms with Gasteiger partial charge < -0.3 is 9.88 Å². The van der Waals surface area contributed by atoms with Gasteiger partial charge in [0, 0.05) is 28.5 Å². The Morgan fingerprint density at radius 2 is 2.14 bits per heavy atom. The molecule has 21 heavy (non-hydrogen) atoms. The number of H-pyrrole nitrogens is 1. The summed E-state index contributed by atoms with van der Waals surface area (Å²) >= 11 is 5.94. The Balaban J connectivity index is 1.66. The molecular formula is C14H13ClN2O3S. The highest BCUT2D eigenvalue weighted by Crippen LogP contribution is 2.34. The van der Waals surface area contributed by atoms with Crippen LogP contribution in [0.5, 0.6) is 0 Å². The van der Waals surface area contributed by atoms with E-state index in [0.29, 0.717) is 23.7 Å². The average Bonchev–Trinajstić information content (AvgIpc) is 3.07. The first-order valence-corrected chi connectivity index (χ1v) is 8.84. The van der Waals surface area contributed by atoms with Crippen LogP contribution in [-0.4, -0.2) is 47.8 Å². The fourth-order valence-electron chi connectivity index (χ4n) is 3.32. The molecule has 2 atom stereocenters. The monoisotopic (exact) mass is 324 g/mol. The van der Waals surface area contributed by atoms with E-state index in [4.69, 9.17) is 11.6 Å². The standard InChI is InChI=1S/C14H13ClN2O3S/c15-9-1-2-12-8(3-9)4-13(16-12)14(18)17-6-11-5-10(17)7-21(11,19)20/h1-4,10-11,16H,5-7H2/t10-,11+/m0/s1. The topological polar surface area (TPSA) is 70.2 Å². The maximum absolute atomic E-state index is 12.6. The summed E-state index contributed by atoms with van der Waals surface area (Å²) in [5.41, 5.74) is 1.33. The van der Waals surface area contributed by atoms with Gasteiger partial charge in [0.05, 0.1) is 11.0 Å². The second-order valence-corrected chi connectivity index (χ2v) is 8.48. The van der Waals surface area contributed by atoms with Gasteiger partial charge in [0.1, 0.15) is 5.69 Å². The van der Waals surface area contributed by atoms with Crippen molar-refractivity contribution in [1.82, 2.24) is 9.88 Å². The van der Waals surface area contributed by atoms with E-state index >= 15 is 0 Å². The lowest BCUT2D eigenvalue weighted by molar-refractivity contribution is 0.0741. The van der Waals surface area contributed by atoms with Crippen LogP contribution in [0.3, 0.4) is 0 Å². The molecule has 4 rings (SSSR count). The van der Waals surface area contributed by atoms with E-state index in [0.717, 1.165) is 10.9 Å². The Labute approximate surface area is 126 Å². The zero-order valence-corrected chi connectivity index (χ0v) is 12.6. The lowest BCUT2D eigenvalue weighted by Crippen LogP contribution is -2.44. The molecule has 5 nitrogen and oxygen atoms in total. The van der Waals surface area contributed by atoms with E-state index in [1.807, 2.05) is 6.07 Å². The Hall–Kier alpha value is -1.53. The van der Waals surface area contributed by atoms with Crippen molar-refractivity contribution in [2.24, 2.45) is 0 Å². The van der Waals surface area contributed by atoms with E-state index in [2.05, 4.69) is 4.98 Å². The van der Waals surface area contributed by atoms with Crippen molar-refractivity contribution < 1.29 is 13.2 Å². The van der Waals surface area contributed by atoms with Crippen molar-refractivity contribution in [1.29, 1.82) is 0 Å². The summed E-state index contributed by atoms with van der Waals surface area (Å²) < 4.78 is 23.5. The Morgan fingerprint density at radius 1 is 1.33 bits per heavy atom. The highest BCUT2D eigenvalue weighted by Gasteiger charge is 2.50. The van der Waals surface area contributed by atoms with Gasteiger partial charge in [0.2, 0.25) is 0 Å². The predicted molar refractivity (Wildman–Crippen MR) is 80.3 cm³/mol. The zero-order chi connectivity index (χ0) is 14.8. The van der Waals surface area contributed by atoms with Gasteiger partial charge in [-0.05, 0) is 30.7 Å². The normalized spacial score (nSPS) is 26.6. The molecule has 1 aromatic heterocycles. The average molecular weight is 325 g/mol. The smallest absolute Gasteiger partial charge is 0.270 e. The van der Waals surface area contributed by atoms with Crippen molar-refractivity contribution in [3.8, 4) is 0 Å². The molecule has 1 N–H and O–H groups in total. The number of amides is 1. The highest BCUT2D eigenvalue weighted by molar-refractivity contribution is 7.92. The minimum Gasteiger partial charge on any atom is -0.351 e. The second-order valence-electron chi connectivity index (χ2n) is 5.71. The fourth-order valence-corrected chi connectivity index (χ4v) is 5.53. The number of nitrogens with one attached hydrogen (secondary N) is 1. The third kappa shape index (κ3) is 1.97. The Bertz CT molecular complexity index is 858. The molecule has 2 aliphatic rings. The van der Waals surface area contributed by atoms with Gasteiger partial charge >= 0.3 is 0 Å². The molecule has 2 bridgehead atoms. The maximum Gasteiger partial charge on any atom is 0.270 e. The minimum absolute atomic E-state index is 0.0927. The van der Waals surface area contributed by atoms with Crippen molar-refractivity contribution in [2.45, 2.75) is 17.7 Å². The van der Waals surface area contributed by atoms with E-state index in [1.165, 1.54) is 0 Å². The Morgan fingerprint density at radius 3 is 2.81 bits per heavy atom. The number of fused-ring (bicyclic) bond motifs is 3. The predicted octanol–water partition coefficient (Wildman–Crippen LogP) is 1.83. The van der Waals surface area contributed by atoms with Crippen LogP contribution >= 0.6 is 11.6 Å². The molecule has 2 aliphatic heterocycles. The minimum atomic E-state index is -2.99. The van der Waals surface area contributed by atoms with Crippen LogP contribution in [0.25, 0.3) is 10.9 Å². The van der Waals surface area contributed by atoms with Crippen molar-refractivity contribution >= 4 is 38.2 Å². The molecule has 0 saturated carbocycles. The molecule has 7 heteroatoms. The number of hydrogen-bond donors (Lipinski definition) is 1. The molecule has 1 amide bonds. The summed E-state index contributed by atoms with van der Waals surface area (Å²) in [4.78, 5) is 17.3. The first kappa shape index (κ1) is 13.2. The summed E-state index contributed by atoms with van der Waals surface area (Å²) in [5, 5.41) is 1.11. The third-order valence-corrected chi connectivity index (χ3v) is 6.82. The number of sulfone groups is 1. The number of carbonyl (C=O) groups is 1. The number of nitrogens with zero attached hydrogens (tertiary/aromatic N) is 1. The molecule has 0 spiro atoms. The quantitative estimate of drug-likeness (QED) is 0.870. The number of hydrogen-bond acceptors (Lipinski definition) is 3. The number of halogens is 1. The van der Waals surface area contributed by atoms with Crippen molar-refractivity contribution in [3.63, 3.8) is 0 Å². The Kier molecular flexibility index (Phi) is 2.65. The van der Waals surface area contributed by atoms with Crippen LogP contribution in [0.4, 0.5) is 0 Å². The van der Waals surface area contributed by atoms with Crippen LogP contribution in [-0.2, 0) is 9.84 Å². The number of likely N-dealkylation sites (tertiary alicyclic amines) is 1. The second kappa shape index (κ2) is 4.24. The third-order valence-electron chi connectivity index (χ3n) is 4.38. The number of aromatic nitrogens is 1. The molecule has 0 unspecified atom stereocenters. The summed E-state index contributed by atoms with van der Waals surface area (Å²) in [6, 6.07) is 6.98. The molecule has 2 saturated heterocycles. The van der Waals surface area contributed by atoms with E-state index in [-0.39, 0.29) is 23.0 Å². The van der Waals surface area contributed by atoms with Crippen LogP contribution in [0.1, 0.15) is 16.9 Å². The molecule has 3 heterocycles. The van der Waals surface area contributed by atoms with E-state index < -0.39 is 9.84 Å². The summed E-state index contributed by atoms with van der Waals surface area (Å²) in [6.45, 7) is 0.307. The van der Waals surface area contributed by atoms with Gasteiger partial charge in [-0.1, -0.05) is 11.6 Å². The molecular weight excluding hydrogens is 312 g/mol. The largest absolute Gasteiger partial charge is 0.351 e. The molecule has 0 aliphatic carbocycles. The fraction of sp³-hybridized carbons (Fsp3) is 0.357. The van der Waals surface area contributed by atoms with Crippen molar-refractivity contribution in [3.05, 3.63) is 35.0 Å². The number of rotatable bonds is 1. The molecule has 2 aromatic rings. The summed E-state index contributed by atoms with van der Waals surface area (Å²) in [6.07, 6.45) is 0.570. The summed E-state index contributed by atoms with van der Waals surface area (Å²) in [7, 11) is -2.99. The van der Waals surface area contributed by atoms with Gasteiger partial charge in [-0.2, -0.15) is 0 Å². The van der Waals surface area contributed by atoms with E-state index in [9.17, 15) is 13.2 Å². The molecule has 1 aromatic carbocycles. The van der Waals surface area contributed by atoms with Crippen molar-refractivity contribution in [2.75, 3.05) is 12.3 Å². The molecule has 2 fully saturated rings. The van der Waals surface area contributed by atoms with Crippen LogP contribution in [0.2, 0.25) is 5.02 Å². The van der Waals surface area contributed by atoms with Gasteiger partial charge in [0.15, 0.2) is 9.84 Å². The first-order valence-electron chi connectivity index (χ1n) is 6.75. The first-order chi connectivity index (χ1) is 9.94. The van der Waals surface area contributed by atoms with Crippen LogP contribution in [0, 0.1) is 0 Å². The van der Waals surface area contributed by atoms with Crippen LogP contribution < -0.4 is 0 Å². The number of benzene rings is 1. The maximum atomic E-state index is 12.6. The highest BCUT2D eigenvalue weighted by atomic mass is 35.5. The summed E-state index contributed by atoms with van der Waals surface area (Å²) in [5.74, 6) is -0.0418. The van der Waals surface area contributed by atoms with Gasteiger partial charge in [-0.25, -0.2) is 8.42 Å². The lowest BCUT2D eigenvalue weighted by atomic mass is 10.2. The van der Waals surface area contributed by atoms with Gasteiger partial charge in [-0.3, -0.25) is 4.79 Å². The van der Waals surface area contributed by atoms with Gasteiger partial charge in [0.25, 0.3) is 5.91 Å². The molecule has 0 radical (unpaired) electrons. The number of aromatic amines is 1. The van der Waals surface area contributed by atoms with Crippen LogP contribution in [0.15, 0.2) is 24.3 Å². The lowest BCUT2D eigenvalue weighted by Gasteiger charge is -2.26. The zero-order valence-electron chi connectivity index (χ0n) is 11.0. The van der Waals surface area contributed by atoms with E-state index in [1.54, 1.807) is 23.1 Å². The number of carbonyl (C=O) groups excluding carboxylic acids is 1. The SMILES string of the molecule is O=C(c1cc2cc(Cl)ccc2[nH]1)N1C[C@H]2C[C@H]1CS2(=O)=O. The molecule has 110 valence electrons. The van der Waals surface area contributed by atoms with Gasteiger partial charge in [-0.15, -0.1) is 0 Å².